The second-order valence-electron chi connectivity index (χ2n) is 18.5. The van der Waals surface area contributed by atoms with E-state index in [4.69, 9.17) is 14.2 Å². The molecule has 0 spiro atoms. The van der Waals surface area contributed by atoms with Gasteiger partial charge in [-0.2, -0.15) is 0 Å². The van der Waals surface area contributed by atoms with E-state index in [1.807, 2.05) is 6.08 Å². The van der Waals surface area contributed by atoms with Crippen molar-refractivity contribution in [1.82, 2.24) is 0 Å². The van der Waals surface area contributed by atoms with Gasteiger partial charge in [-0.15, -0.1) is 0 Å². The fourth-order valence-corrected chi connectivity index (χ4v) is 7.43. The summed E-state index contributed by atoms with van der Waals surface area (Å²) in [5, 5.41) is 0. The number of ether oxygens (including phenoxy) is 3. The van der Waals surface area contributed by atoms with Crippen LogP contribution in [-0.4, -0.2) is 37.2 Å². The Bertz CT molecular complexity index is 1420. The van der Waals surface area contributed by atoms with Gasteiger partial charge in [0.05, 0.1) is 0 Å². The summed E-state index contributed by atoms with van der Waals surface area (Å²) in [6.45, 7) is 6.48. The van der Waals surface area contributed by atoms with E-state index in [0.717, 1.165) is 103 Å². The van der Waals surface area contributed by atoms with Crippen molar-refractivity contribution < 1.29 is 28.6 Å². The average molecular weight is 958 g/mol. The number of carbonyl (C=O) groups excluding carboxylic acids is 3. The second kappa shape index (κ2) is 56.7. The highest BCUT2D eigenvalue weighted by atomic mass is 16.6. The fraction of sp³-hybridized carbons (Fsp3) is 0.667. The lowest BCUT2D eigenvalue weighted by atomic mass is 10.1. The third-order valence-electron chi connectivity index (χ3n) is 11.7. The molecule has 69 heavy (non-hydrogen) atoms. The van der Waals surface area contributed by atoms with Crippen LogP contribution in [-0.2, 0) is 28.6 Å². The summed E-state index contributed by atoms with van der Waals surface area (Å²) in [7, 11) is 0. The van der Waals surface area contributed by atoms with Gasteiger partial charge in [0.15, 0.2) is 6.10 Å². The first kappa shape index (κ1) is 65.1. The molecule has 0 aromatic rings. The van der Waals surface area contributed by atoms with Gasteiger partial charge in [0.1, 0.15) is 13.2 Å². The van der Waals surface area contributed by atoms with Gasteiger partial charge < -0.3 is 14.2 Å². The molecule has 1 atom stereocenters. The van der Waals surface area contributed by atoms with E-state index in [0.29, 0.717) is 19.3 Å². The van der Waals surface area contributed by atoms with Gasteiger partial charge in [-0.3, -0.25) is 14.4 Å². The zero-order valence-electron chi connectivity index (χ0n) is 44.8. The Morgan fingerprint density at radius 2 is 0.551 bits per heavy atom. The third kappa shape index (κ3) is 54.9. The quantitative estimate of drug-likeness (QED) is 0.0262. The molecule has 0 aliphatic heterocycles. The number of hydrogen-bond donors (Lipinski definition) is 0. The molecular formula is C63H104O6. The average Bonchev–Trinajstić information content (AvgIpc) is 3.35. The summed E-state index contributed by atoms with van der Waals surface area (Å²) in [5.74, 6) is -1.02. The molecule has 0 N–H and O–H groups in total. The molecule has 0 bridgehead atoms. The number of rotatable bonds is 50. The summed E-state index contributed by atoms with van der Waals surface area (Å²) >= 11 is 0. The smallest absolute Gasteiger partial charge is 0.306 e. The third-order valence-corrected chi connectivity index (χ3v) is 11.7. The molecule has 0 heterocycles. The van der Waals surface area contributed by atoms with Gasteiger partial charge in [0.2, 0.25) is 0 Å². The van der Waals surface area contributed by atoms with Crippen molar-refractivity contribution in [3.8, 4) is 0 Å². The standard InChI is InChI=1S/C63H104O6/c1-4-7-10-13-16-19-22-25-28-30-31-33-36-39-42-45-48-51-54-57-63(66)69-60(58-67-61(64)55-52-49-46-43-40-37-34-27-24-21-18-15-12-9-6-3)59-68-62(65)56-53-50-47-44-41-38-35-32-29-26-23-20-17-14-11-8-5-2/h16-21,25-29,31,33-34,39,42,48,51,60H,4-15,22-24,30,32,35-38,40-41,43-47,49-50,52-59H2,1-3H3/b19-16-,20-17-,21-18-,28-25-,29-26-,33-31-,34-27-,42-39-,51-48-/t60-/m0/s1. The second-order valence-corrected chi connectivity index (χ2v) is 18.5. The molecule has 0 amide bonds. The maximum atomic E-state index is 12.8. The Morgan fingerprint density at radius 1 is 0.290 bits per heavy atom. The zero-order valence-corrected chi connectivity index (χ0v) is 44.8. The maximum Gasteiger partial charge on any atom is 0.306 e. The van der Waals surface area contributed by atoms with Crippen molar-refractivity contribution in [1.29, 1.82) is 0 Å². The Balaban J connectivity index is 4.55. The molecule has 0 fully saturated rings. The van der Waals surface area contributed by atoms with Crippen molar-refractivity contribution in [3.63, 3.8) is 0 Å². The molecule has 392 valence electrons. The van der Waals surface area contributed by atoms with Gasteiger partial charge in [0, 0.05) is 19.3 Å². The van der Waals surface area contributed by atoms with Crippen LogP contribution >= 0.6 is 0 Å². The molecule has 6 heteroatoms. The van der Waals surface area contributed by atoms with Crippen LogP contribution in [0.4, 0.5) is 0 Å². The Kier molecular flexibility index (Phi) is 53.4. The van der Waals surface area contributed by atoms with Gasteiger partial charge in [-0.05, 0) is 122 Å². The minimum Gasteiger partial charge on any atom is -0.462 e. The normalized spacial score (nSPS) is 12.9. The lowest BCUT2D eigenvalue weighted by Gasteiger charge is -2.18. The van der Waals surface area contributed by atoms with Gasteiger partial charge in [-0.25, -0.2) is 0 Å². The van der Waals surface area contributed by atoms with E-state index in [-0.39, 0.29) is 31.6 Å². The maximum absolute atomic E-state index is 12.8. The molecule has 0 radical (unpaired) electrons. The van der Waals surface area contributed by atoms with Crippen LogP contribution in [0.5, 0.6) is 0 Å². The first-order chi connectivity index (χ1) is 34.0. The summed E-state index contributed by atoms with van der Waals surface area (Å²) in [6, 6.07) is 0. The van der Waals surface area contributed by atoms with Crippen LogP contribution in [0.25, 0.3) is 0 Å². The molecule has 0 saturated heterocycles. The van der Waals surface area contributed by atoms with Crippen molar-refractivity contribution in [2.45, 2.75) is 258 Å². The highest BCUT2D eigenvalue weighted by molar-refractivity contribution is 5.71. The van der Waals surface area contributed by atoms with E-state index in [1.54, 1.807) is 0 Å². The minimum atomic E-state index is -0.829. The van der Waals surface area contributed by atoms with E-state index in [2.05, 4.69) is 124 Å². The van der Waals surface area contributed by atoms with Crippen LogP contribution in [0.1, 0.15) is 252 Å². The lowest BCUT2D eigenvalue weighted by Crippen LogP contribution is -2.30. The van der Waals surface area contributed by atoms with Crippen molar-refractivity contribution in [2.75, 3.05) is 13.2 Å². The number of esters is 3. The molecule has 0 aliphatic carbocycles. The first-order valence-corrected chi connectivity index (χ1v) is 28.4. The van der Waals surface area contributed by atoms with Gasteiger partial charge in [0.25, 0.3) is 0 Å². The van der Waals surface area contributed by atoms with Crippen LogP contribution < -0.4 is 0 Å². The summed E-state index contributed by atoms with van der Waals surface area (Å²) in [4.78, 5) is 38.1. The summed E-state index contributed by atoms with van der Waals surface area (Å²) < 4.78 is 16.8. The van der Waals surface area contributed by atoms with Gasteiger partial charge in [-0.1, -0.05) is 220 Å². The van der Waals surface area contributed by atoms with Crippen LogP contribution in [0, 0.1) is 0 Å². The molecule has 6 nitrogen and oxygen atoms in total. The van der Waals surface area contributed by atoms with Crippen molar-refractivity contribution >= 4 is 17.9 Å². The van der Waals surface area contributed by atoms with Crippen LogP contribution in [0.15, 0.2) is 109 Å². The van der Waals surface area contributed by atoms with E-state index in [9.17, 15) is 14.4 Å². The molecule has 0 saturated carbocycles. The number of hydrogen-bond acceptors (Lipinski definition) is 6. The monoisotopic (exact) mass is 957 g/mol. The lowest BCUT2D eigenvalue weighted by molar-refractivity contribution is -0.166. The number of unbranched alkanes of at least 4 members (excludes halogenated alkanes) is 21. The van der Waals surface area contributed by atoms with E-state index < -0.39 is 12.1 Å². The van der Waals surface area contributed by atoms with Gasteiger partial charge >= 0.3 is 17.9 Å². The predicted octanol–water partition coefficient (Wildman–Crippen LogP) is 19.1. The first-order valence-electron chi connectivity index (χ1n) is 28.4. The summed E-state index contributed by atoms with van der Waals surface area (Å²) in [6.07, 6.45) is 76.5. The minimum absolute atomic E-state index is 0.118. The predicted molar refractivity (Wildman–Crippen MR) is 297 cm³/mol. The van der Waals surface area contributed by atoms with E-state index in [1.165, 1.54) is 103 Å². The zero-order chi connectivity index (χ0) is 50.0. The Hall–Kier alpha value is -3.93. The SMILES string of the molecule is CCCCC/C=C\C/C=C\C/C=C\C/C=C\C/C=C\CCC(=O)O[C@@H](COC(=O)CCCCCCC/C=C\C/C=C\CCCCC)COC(=O)CCCCCCCCC/C=C\C/C=C\CCCCC. The molecule has 0 unspecified atom stereocenters. The highest BCUT2D eigenvalue weighted by Crippen LogP contribution is 2.13. The van der Waals surface area contributed by atoms with Crippen LogP contribution in [0.3, 0.4) is 0 Å². The highest BCUT2D eigenvalue weighted by Gasteiger charge is 2.19. The number of carbonyl (C=O) groups is 3. The van der Waals surface area contributed by atoms with Crippen molar-refractivity contribution in [3.05, 3.63) is 109 Å². The molecule has 0 aromatic heterocycles. The molecular weight excluding hydrogens is 853 g/mol. The molecule has 0 rings (SSSR count). The number of allylic oxidation sites excluding steroid dienone is 18. The molecule has 0 aromatic carbocycles. The largest absolute Gasteiger partial charge is 0.462 e. The fourth-order valence-electron chi connectivity index (χ4n) is 7.43. The Morgan fingerprint density at radius 3 is 0.870 bits per heavy atom. The van der Waals surface area contributed by atoms with E-state index >= 15 is 0 Å². The summed E-state index contributed by atoms with van der Waals surface area (Å²) in [5.41, 5.74) is 0. The topological polar surface area (TPSA) is 78.9 Å². The van der Waals surface area contributed by atoms with Crippen LogP contribution in [0.2, 0.25) is 0 Å². The van der Waals surface area contributed by atoms with Crippen molar-refractivity contribution in [2.24, 2.45) is 0 Å². The Labute approximate surface area is 425 Å². The molecule has 0 aliphatic rings.